The van der Waals surface area contributed by atoms with Crippen molar-refractivity contribution < 1.29 is 13.2 Å². The van der Waals surface area contributed by atoms with Crippen LogP contribution in [0.2, 0.25) is 0 Å². The molecular formula is C18H20F3N. The molecule has 22 heavy (non-hydrogen) atoms. The molecule has 2 aromatic rings. The zero-order chi connectivity index (χ0) is 16.2. The Morgan fingerprint density at radius 3 is 2.23 bits per heavy atom. The average Bonchev–Trinajstić information content (AvgIpc) is 2.47. The van der Waals surface area contributed by atoms with Crippen LogP contribution in [-0.4, -0.2) is 18.0 Å². The predicted molar refractivity (Wildman–Crippen MR) is 82.5 cm³/mol. The van der Waals surface area contributed by atoms with Crippen molar-refractivity contribution in [1.82, 2.24) is 4.90 Å². The highest BCUT2D eigenvalue weighted by atomic mass is 19.4. The van der Waals surface area contributed by atoms with Gasteiger partial charge in [0.1, 0.15) is 0 Å². The highest BCUT2D eigenvalue weighted by Crippen LogP contribution is 2.29. The van der Waals surface area contributed by atoms with Gasteiger partial charge in [0.15, 0.2) is 0 Å². The second-order valence-corrected chi connectivity index (χ2v) is 5.65. The van der Waals surface area contributed by atoms with E-state index in [1.165, 1.54) is 17.7 Å². The maximum atomic E-state index is 12.7. The number of halogens is 3. The summed E-state index contributed by atoms with van der Waals surface area (Å²) >= 11 is 0. The summed E-state index contributed by atoms with van der Waals surface area (Å²) in [7, 11) is 1.94. The highest BCUT2D eigenvalue weighted by molar-refractivity contribution is 5.25. The number of hydrogen-bond acceptors (Lipinski definition) is 1. The van der Waals surface area contributed by atoms with Crippen molar-refractivity contribution in [1.29, 1.82) is 0 Å². The van der Waals surface area contributed by atoms with Crippen molar-refractivity contribution in [3.8, 4) is 0 Å². The first kappa shape index (κ1) is 16.6. The molecular weight excluding hydrogens is 287 g/mol. The summed E-state index contributed by atoms with van der Waals surface area (Å²) < 4.78 is 38.2. The second kappa shape index (κ2) is 6.97. The van der Waals surface area contributed by atoms with Crippen molar-refractivity contribution >= 4 is 0 Å². The Hall–Kier alpha value is -1.81. The number of nitrogens with zero attached hydrogens (tertiary/aromatic N) is 1. The molecule has 0 aliphatic heterocycles. The summed E-state index contributed by atoms with van der Waals surface area (Å²) in [5, 5.41) is 0. The van der Waals surface area contributed by atoms with Gasteiger partial charge in [-0.25, -0.2) is 0 Å². The second-order valence-electron chi connectivity index (χ2n) is 5.65. The average molecular weight is 307 g/mol. The van der Waals surface area contributed by atoms with Gasteiger partial charge in [-0.05, 0) is 37.6 Å². The first-order chi connectivity index (χ1) is 10.4. The molecule has 0 fully saturated rings. The Morgan fingerprint density at radius 2 is 1.59 bits per heavy atom. The van der Waals surface area contributed by atoms with Crippen LogP contribution in [0.1, 0.15) is 23.6 Å². The smallest absolute Gasteiger partial charge is 0.299 e. The molecule has 0 radical (unpaired) electrons. The molecule has 2 aromatic carbocycles. The maximum absolute atomic E-state index is 12.7. The van der Waals surface area contributed by atoms with Gasteiger partial charge in [-0.3, -0.25) is 4.90 Å². The Bertz CT molecular complexity index is 593. The normalized spacial score (nSPS) is 13.4. The summed E-state index contributed by atoms with van der Waals surface area (Å²) in [6.07, 6.45) is -3.42. The zero-order valence-corrected chi connectivity index (χ0v) is 12.8. The topological polar surface area (TPSA) is 3.24 Å². The zero-order valence-electron chi connectivity index (χ0n) is 12.8. The van der Waals surface area contributed by atoms with Crippen LogP contribution in [0.4, 0.5) is 13.2 Å². The molecule has 4 heteroatoms. The van der Waals surface area contributed by atoms with Crippen LogP contribution in [0.3, 0.4) is 0 Å². The molecule has 118 valence electrons. The lowest BCUT2D eigenvalue weighted by Gasteiger charge is -2.25. The van der Waals surface area contributed by atoms with E-state index in [1.807, 2.05) is 25.2 Å². The third kappa shape index (κ3) is 4.60. The van der Waals surface area contributed by atoms with Crippen LogP contribution in [-0.2, 0) is 19.1 Å². The van der Waals surface area contributed by atoms with Gasteiger partial charge in [0.25, 0.3) is 0 Å². The molecule has 0 heterocycles. The molecule has 1 atom stereocenters. The fourth-order valence-corrected chi connectivity index (χ4v) is 2.40. The van der Waals surface area contributed by atoms with E-state index in [0.717, 1.165) is 12.5 Å². The molecule has 0 spiro atoms. The predicted octanol–water partition coefficient (Wildman–Crippen LogP) is 4.77. The van der Waals surface area contributed by atoms with Crippen molar-refractivity contribution in [3.05, 3.63) is 71.3 Å². The monoisotopic (exact) mass is 307 g/mol. The van der Waals surface area contributed by atoms with Gasteiger partial charge < -0.3 is 0 Å². The lowest BCUT2D eigenvalue weighted by molar-refractivity contribution is -0.137. The maximum Gasteiger partial charge on any atom is 0.416 e. The number of benzene rings is 2. The van der Waals surface area contributed by atoms with E-state index in [1.54, 1.807) is 6.07 Å². The van der Waals surface area contributed by atoms with Gasteiger partial charge in [-0.2, -0.15) is 13.2 Å². The third-order valence-corrected chi connectivity index (χ3v) is 3.81. The quantitative estimate of drug-likeness (QED) is 0.769. The van der Waals surface area contributed by atoms with Crippen molar-refractivity contribution in [2.45, 2.75) is 32.1 Å². The Kier molecular flexibility index (Phi) is 5.24. The number of rotatable bonds is 5. The molecule has 0 saturated carbocycles. The van der Waals surface area contributed by atoms with E-state index in [-0.39, 0.29) is 6.04 Å². The van der Waals surface area contributed by atoms with Gasteiger partial charge >= 0.3 is 6.18 Å². The van der Waals surface area contributed by atoms with Crippen LogP contribution < -0.4 is 0 Å². The molecule has 2 rings (SSSR count). The van der Waals surface area contributed by atoms with Crippen molar-refractivity contribution in [2.75, 3.05) is 7.05 Å². The van der Waals surface area contributed by atoms with Gasteiger partial charge in [0.2, 0.25) is 0 Å². The largest absolute Gasteiger partial charge is 0.416 e. The Balaban J connectivity index is 2.01. The molecule has 0 amide bonds. The lowest BCUT2D eigenvalue weighted by atomic mass is 10.1. The molecule has 0 bridgehead atoms. The van der Waals surface area contributed by atoms with Crippen LogP contribution in [0.25, 0.3) is 0 Å². The van der Waals surface area contributed by atoms with E-state index in [4.69, 9.17) is 0 Å². The van der Waals surface area contributed by atoms with E-state index in [0.29, 0.717) is 12.1 Å². The van der Waals surface area contributed by atoms with Crippen LogP contribution in [0, 0.1) is 0 Å². The number of hydrogen-bond donors (Lipinski definition) is 0. The SMILES string of the molecule is CC(Cc1ccccc1)N(C)Cc1cccc(C(F)(F)F)c1. The summed E-state index contributed by atoms with van der Waals surface area (Å²) in [6, 6.07) is 15.9. The molecule has 0 saturated heterocycles. The number of likely N-dealkylation sites (N-methyl/N-ethyl adjacent to an activating group) is 1. The minimum Gasteiger partial charge on any atom is -0.299 e. The fraction of sp³-hybridized carbons (Fsp3) is 0.333. The van der Waals surface area contributed by atoms with E-state index >= 15 is 0 Å². The van der Waals surface area contributed by atoms with Gasteiger partial charge in [0, 0.05) is 12.6 Å². The Morgan fingerprint density at radius 1 is 0.955 bits per heavy atom. The van der Waals surface area contributed by atoms with Gasteiger partial charge in [-0.15, -0.1) is 0 Å². The highest BCUT2D eigenvalue weighted by Gasteiger charge is 2.30. The minimum atomic E-state index is -4.29. The standard InChI is InChI=1S/C18H20F3N/c1-14(11-15-7-4-3-5-8-15)22(2)13-16-9-6-10-17(12-16)18(19,20)21/h3-10,12,14H,11,13H2,1-2H3. The molecule has 1 unspecified atom stereocenters. The Labute approximate surface area is 129 Å². The van der Waals surface area contributed by atoms with Crippen LogP contribution in [0.5, 0.6) is 0 Å². The molecule has 0 aliphatic rings. The minimum absolute atomic E-state index is 0.247. The molecule has 1 nitrogen and oxygen atoms in total. The molecule has 0 aliphatic carbocycles. The van der Waals surface area contributed by atoms with E-state index in [9.17, 15) is 13.2 Å². The fourth-order valence-electron chi connectivity index (χ4n) is 2.40. The van der Waals surface area contributed by atoms with E-state index in [2.05, 4.69) is 24.0 Å². The summed E-state index contributed by atoms with van der Waals surface area (Å²) in [4.78, 5) is 2.07. The summed E-state index contributed by atoms with van der Waals surface area (Å²) in [5.74, 6) is 0. The van der Waals surface area contributed by atoms with E-state index < -0.39 is 11.7 Å². The summed E-state index contributed by atoms with van der Waals surface area (Å²) in [5.41, 5.74) is 1.32. The van der Waals surface area contributed by atoms with Crippen molar-refractivity contribution in [3.63, 3.8) is 0 Å². The third-order valence-electron chi connectivity index (χ3n) is 3.81. The summed E-state index contributed by atoms with van der Waals surface area (Å²) in [6.45, 7) is 2.58. The molecule has 0 aromatic heterocycles. The number of alkyl halides is 3. The van der Waals surface area contributed by atoms with Crippen LogP contribution >= 0.6 is 0 Å². The van der Waals surface area contributed by atoms with Gasteiger partial charge in [-0.1, -0.05) is 48.5 Å². The lowest BCUT2D eigenvalue weighted by Crippen LogP contribution is -2.30. The van der Waals surface area contributed by atoms with Crippen LogP contribution in [0.15, 0.2) is 54.6 Å². The first-order valence-electron chi connectivity index (χ1n) is 7.26. The first-order valence-corrected chi connectivity index (χ1v) is 7.26. The molecule has 0 N–H and O–H groups in total. The van der Waals surface area contributed by atoms with Gasteiger partial charge in [0.05, 0.1) is 5.56 Å². The van der Waals surface area contributed by atoms with Crippen molar-refractivity contribution in [2.24, 2.45) is 0 Å².